The fraction of sp³-hybridized carbons (Fsp3) is 0.667. The summed E-state index contributed by atoms with van der Waals surface area (Å²) in [5.74, 6) is 2.09. The number of hydrogen-bond donors (Lipinski definition) is 0. The first kappa shape index (κ1) is 6.14. The molecule has 1 nitrogen and oxygen atoms in total. The van der Waals surface area contributed by atoms with Crippen molar-refractivity contribution in [2.75, 3.05) is 0 Å². The van der Waals surface area contributed by atoms with Gasteiger partial charge < -0.3 is 0 Å². The fourth-order valence-electron chi connectivity index (χ4n) is 2.25. The molecule has 0 spiro atoms. The van der Waals surface area contributed by atoms with Gasteiger partial charge in [-0.25, -0.2) is 0 Å². The first-order valence-corrected chi connectivity index (χ1v) is 3.96. The van der Waals surface area contributed by atoms with Crippen molar-refractivity contribution in [2.24, 2.45) is 17.8 Å². The van der Waals surface area contributed by atoms with Gasteiger partial charge in [0.1, 0.15) is 5.78 Å². The van der Waals surface area contributed by atoms with Gasteiger partial charge in [-0.1, -0.05) is 12.2 Å². The van der Waals surface area contributed by atoms with Crippen molar-refractivity contribution in [3.8, 4) is 0 Å². The quantitative estimate of drug-likeness (QED) is 0.502. The SMILES string of the molecule is CC(=O)[C@@H]1C[C@@H]2C=C[C@@H]1C2. The lowest BCUT2D eigenvalue weighted by Crippen LogP contribution is -2.15. The highest BCUT2D eigenvalue weighted by Gasteiger charge is 2.37. The second-order valence-corrected chi connectivity index (χ2v) is 3.50. The monoisotopic (exact) mass is 136 g/mol. The molecule has 1 heteroatoms. The largest absolute Gasteiger partial charge is 0.300 e. The van der Waals surface area contributed by atoms with Gasteiger partial charge in [-0.05, 0) is 31.6 Å². The molecule has 3 atom stereocenters. The van der Waals surface area contributed by atoms with Crippen LogP contribution in [0.5, 0.6) is 0 Å². The van der Waals surface area contributed by atoms with E-state index in [2.05, 4.69) is 12.2 Å². The Morgan fingerprint density at radius 3 is 2.50 bits per heavy atom. The zero-order valence-electron chi connectivity index (χ0n) is 6.21. The first-order chi connectivity index (χ1) is 4.77. The maximum Gasteiger partial charge on any atom is 0.133 e. The Balaban J connectivity index is 2.16. The summed E-state index contributed by atoms with van der Waals surface area (Å²) in [6.45, 7) is 1.72. The summed E-state index contributed by atoms with van der Waals surface area (Å²) in [5.41, 5.74) is 0. The number of fused-ring (bicyclic) bond motifs is 2. The average Bonchev–Trinajstić information content (AvgIpc) is 2.44. The molecule has 10 heavy (non-hydrogen) atoms. The predicted molar refractivity (Wildman–Crippen MR) is 39.5 cm³/mol. The van der Waals surface area contributed by atoms with Crippen LogP contribution in [0.1, 0.15) is 19.8 Å². The molecule has 2 aliphatic rings. The van der Waals surface area contributed by atoms with Crippen LogP contribution in [0, 0.1) is 17.8 Å². The van der Waals surface area contributed by atoms with Gasteiger partial charge in [-0.2, -0.15) is 0 Å². The van der Waals surface area contributed by atoms with Crippen molar-refractivity contribution in [1.29, 1.82) is 0 Å². The van der Waals surface area contributed by atoms with E-state index in [1.165, 1.54) is 6.42 Å². The molecule has 0 aromatic carbocycles. The Labute approximate surface area is 61.1 Å². The van der Waals surface area contributed by atoms with Crippen LogP contribution in [-0.4, -0.2) is 5.78 Å². The molecule has 0 N–H and O–H groups in total. The molecule has 2 rings (SSSR count). The molecule has 0 aliphatic heterocycles. The van der Waals surface area contributed by atoms with Gasteiger partial charge in [-0.15, -0.1) is 0 Å². The minimum absolute atomic E-state index is 0.370. The topological polar surface area (TPSA) is 17.1 Å². The van der Waals surface area contributed by atoms with E-state index >= 15 is 0 Å². The van der Waals surface area contributed by atoms with Crippen molar-refractivity contribution >= 4 is 5.78 Å². The Bertz CT molecular complexity index is 193. The number of Topliss-reactive ketones (excluding diaryl/α,β-unsaturated/α-hetero) is 1. The third kappa shape index (κ3) is 0.731. The molecule has 1 fully saturated rings. The smallest absolute Gasteiger partial charge is 0.133 e. The molecule has 0 aromatic heterocycles. The Hall–Kier alpha value is -0.590. The van der Waals surface area contributed by atoms with Gasteiger partial charge in [0.25, 0.3) is 0 Å². The van der Waals surface area contributed by atoms with E-state index in [4.69, 9.17) is 0 Å². The number of hydrogen-bond acceptors (Lipinski definition) is 1. The van der Waals surface area contributed by atoms with Crippen molar-refractivity contribution in [3.63, 3.8) is 0 Å². The molecule has 0 saturated heterocycles. The standard InChI is InChI=1S/C9H12O/c1-6(10)9-5-7-2-3-8(9)4-7/h2-3,7-9H,4-5H2,1H3/t7-,8-,9+/m1/s1. The van der Waals surface area contributed by atoms with Crippen LogP contribution in [0.15, 0.2) is 12.2 Å². The summed E-state index contributed by atoms with van der Waals surface area (Å²) in [5, 5.41) is 0. The molecule has 0 amide bonds. The predicted octanol–water partition coefficient (Wildman–Crippen LogP) is 1.79. The maximum absolute atomic E-state index is 11.0. The van der Waals surface area contributed by atoms with Crippen LogP contribution in [0.25, 0.3) is 0 Å². The lowest BCUT2D eigenvalue weighted by molar-refractivity contribution is -0.121. The third-order valence-corrected chi connectivity index (χ3v) is 2.80. The summed E-state index contributed by atoms with van der Waals surface area (Å²) >= 11 is 0. The lowest BCUT2D eigenvalue weighted by atomic mass is 9.90. The molecule has 0 radical (unpaired) electrons. The van der Waals surface area contributed by atoms with Crippen LogP contribution >= 0.6 is 0 Å². The summed E-state index contributed by atoms with van der Waals surface area (Å²) < 4.78 is 0. The molecule has 0 heterocycles. The summed E-state index contributed by atoms with van der Waals surface area (Å²) in [4.78, 5) is 11.0. The van der Waals surface area contributed by atoms with Gasteiger partial charge >= 0.3 is 0 Å². The van der Waals surface area contributed by atoms with Gasteiger partial charge in [0, 0.05) is 5.92 Å². The number of allylic oxidation sites excluding steroid dienone is 2. The van der Waals surface area contributed by atoms with Crippen LogP contribution in [0.4, 0.5) is 0 Å². The summed E-state index contributed by atoms with van der Waals surface area (Å²) in [6, 6.07) is 0. The highest BCUT2D eigenvalue weighted by atomic mass is 16.1. The van der Waals surface area contributed by atoms with E-state index in [0.717, 1.165) is 12.3 Å². The highest BCUT2D eigenvalue weighted by molar-refractivity contribution is 5.79. The van der Waals surface area contributed by atoms with E-state index in [0.29, 0.717) is 17.6 Å². The highest BCUT2D eigenvalue weighted by Crippen LogP contribution is 2.43. The van der Waals surface area contributed by atoms with Crippen molar-refractivity contribution in [1.82, 2.24) is 0 Å². The van der Waals surface area contributed by atoms with Crippen molar-refractivity contribution in [2.45, 2.75) is 19.8 Å². The van der Waals surface area contributed by atoms with Crippen LogP contribution in [0.2, 0.25) is 0 Å². The normalized spacial score (nSPS) is 42.7. The Kier molecular flexibility index (Phi) is 1.19. The number of rotatable bonds is 1. The van der Waals surface area contributed by atoms with Crippen molar-refractivity contribution < 1.29 is 4.79 Å². The number of ketones is 1. The zero-order chi connectivity index (χ0) is 7.14. The molecule has 0 unspecified atom stereocenters. The van der Waals surface area contributed by atoms with Gasteiger partial charge in [0.05, 0.1) is 0 Å². The Morgan fingerprint density at radius 2 is 2.20 bits per heavy atom. The molecule has 2 bridgehead atoms. The summed E-state index contributed by atoms with van der Waals surface area (Å²) in [7, 11) is 0. The minimum Gasteiger partial charge on any atom is -0.300 e. The molecular formula is C9H12O. The molecule has 1 saturated carbocycles. The third-order valence-electron chi connectivity index (χ3n) is 2.80. The lowest BCUT2D eigenvalue weighted by Gasteiger charge is -2.13. The summed E-state index contributed by atoms with van der Waals surface area (Å²) in [6.07, 6.45) is 6.85. The van der Waals surface area contributed by atoms with Gasteiger partial charge in [0.2, 0.25) is 0 Å². The second-order valence-electron chi connectivity index (χ2n) is 3.50. The first-order valence-electron chi connectivity index (χ1n) is 3.96. The zero-order valence-corrected chi connectivity index (χ0v) is 6.21. The Morgan fingerprint density at radius 1 is 1.40 bits per heavy atom. The average molecular weight is 136 g/mol. The van der Waals surface area contributed by atoms with Crippen molar-refractivity contribution in [3.05, 3.63) is 12.2 Å². The van der Waals surface area contributed by atoms with E-state index in [-0.39, 0.29) is 0 Å². The number of carbonyl (C=O) groups excluding carboxylic acids is 1. The van der Waals surface area contributed by atoms with Gasteiger partial charge in [0.15, 0.2) is 0 Å². The number of carbonyl (C=O) groups is 1. The van der Waals surface area contributed by atoms with E-state index in [1.54, 1.807) is 6.92 Å². The molecular weight excluding hydrogens is 124 g/mol. The second kappa shape index (κ2) is 1.94. The maximum atomic E-state index is 11.0. The van der Waals surface area contributed by atoms with E-state index < -0.39 is 0 Å². The fourth-order valence-corrected chi connectivity index (χ4v) is 2.25. The molecule has 54 valence electrons. The van der Waals surface area contributed by atoms with Crippen LogP contribution in [0.3, 0.4) is 0 Å². The van der Waals surface area contributed by atoms with E-state index in [9.17, 15) is 4.79 Å². The van der Waals surface area contributed by atoms with Crippen LogP contribution < -0.4 is 0 Å². The van der Waals surface area contributed by atoms with E-state index in [1.807, 2.05) is 0 Å². The van der Waals surface area contributed by atoms with Gasteiger partial charge in [-0.3, -0.25) is 4.79 Å². The molecule has 0 aromatic rings. The minimum atomic E-state index is 0.370. The van der Waals surface area contributed by atoms with Crippen LogP contribution in [-0.2, 0) is 4.79 Å². The molecule has 2 aliphatic carbocycles.